The summed E-state index contributed by atoms with van der Waals surface area (Å²) in [5.41, 5.74) is 5.65. The summed E-state index contributed by atoms with van der Waals surface area (Å²) in [6, 6.07) is 5.40. The van der Waals surface area contributed by atoms with Crippen LogP contribution in [0.25, 0.3) is 0 Å². The zero-order valence-corrected chi connectivity index (χ0v) is 10.9. The Labute approximate surface area is 117 Å². The van der Waals surface area contributed by atoms with Crippen LogP contribution in [0, 0.1) is 0 Å². The van der Waals surface area contributed by atoms with E-state index in [1.165, 1.54) is 24.3 Å². The molecule has 0 bridgehead atoms. The minimum atomic E-state index is -0.469. The van der Waals surface area contributed by atoms with Gasteiger partial charge in [-0.05, 0) is 18.2 Å². The molecule has 0 unspecified atom stereocenters. The maximum atomic E-state index is 11.9. The summed E-state index contributed by atoms with van der Waals surface area (Å²) in [6.07, 6.45) is 0. The number of halogens is 2. The first-order valence-corrected chi connectivity index (χ1v) is 5.84. The molecule has 0 spiro atoms. The van der Waals surface area contributed by atoms with Crippen LogP contribution < -0.4 is 16.6 Å². The molecule has 1 aromatic heterocycles. The number of amides is 1. The Bertz CT molecular complexity index is 656. The largest absolute Gasteiger partial charge is 0.396 e. The average Bonchev–Trinajstić information content (AvgIpc) is 2.38. The molecular weight excluding hydrogens is 291 g/mol. The van der Waals surface area contributed by atoms with E-state index in [0.717, 1.165) is 0 Å². The summed E-state index contributed by atoms with van der Waals surface area (Å²) >= 11 is 11.7. The van der Waals surface area contributed by atoms with Crippen LogP contribution in [0.15, 0.2) is 29.1 Å². The van der Waals surface area contributed by atoms with Crippen molar-refractivity contribution >= 4 is 40.6 Å². The highest BCUT2D eigenvalue weighted by molar-refractivity contribution is 6.39. The van der Waals surface area contributed by atoms with Gasteiger partial charge in [0.2, 0.25) is 0 Å². The highest BCUT2D eigenvalue weighted by Gasteiger charge is 2.12. The van der Waals surface area contributed by atoms with E-state index in [4.69, 9.17) is 28.9 Å². The van der Waals surface area contributed by atoms with Gasteiger partial charge in [-0.2, -0.15) is 5.10 Å². The zero-order valence-electron chi connectivity index (χ0n) is 9.41. The molecule has 0 radical (unpaired) electrons. The van der Waals surface area contributed by atoms with E-state index in [1.807, 2.05) is 0 Å². The lowest BCUT2D eigenvalue weighted by Gasteiger charge is -2.07. The molecule has 0 saturated carbocycles. The van der Waals surface area contributed by atoms with Crippen LogP contribution in [0.4, 0.5) is 11.5 Å². The van der Waals surface area contributed by atoms with Gasteiger partial charge in [-0.3, -0.25) is 9.59 Å². The SMILES string of the molecule is Nc1c(Cl)cc(C(=O)Nc2ccc(=O)[nH]n2)cc1Cl. The molecule has 0 aliphatic rings. The fourth-order valence-electron chi connectivity index (χ4n) is 1.32. The summed E-state index contributed by atoms with van der Waals surface area (Å²) in [5, 5.41) is 8.70. The first-order chi connectivity index (χ1) is 8.97. The third-order valence-electron chi connectivity index (χ3n) is 2.26. The number of H-pyrrole nitrogens is 1. The number of aromatic amines is 1. The van der Waals surface area contributed by atoms with Crippen LogP contribution in [-0.4, -0.2) is 16.1 Å². The Balaban J connectivity index is 2.25. The summed E-state index contributed by atoms with van der Waals surface area (Å²) in [5.74, 6) is -0.267. The van der Waals surface area contributed by atoms with Crippen molar-refractivity contribution in [3.8, 4) is 0 Å². The molecule has 0 aliphatic heterocycles. The van der Waals surface area contributed by atoms with Crippen LogP contribution in [0.3, 0.4) is 0 Å². The van der Waals surface area contributed by atoms with Crippen molar-refractivity contribution in [2.45, 2.75) is 0 Å². The number of aromatic nitrogens is 2. The van der Waals surface area contributed by atoms with Gasteiger partial charge in [0.05, 0.1) is 15.7 Å². The van der Waals surface area contributed by atoms with E-state index in [-0.39, 0.29) is 32.7 Å². The smallest absolute Gasteiger partial charge is 0.264 e. The summed E-state index contributed by atoms with van der Waals surface area (Å²) in [6.45, 7) is 0. The molecule has 1 amide bonds. The van der Waals surface area contributed by atoms with Gasteiger partial charge in [0, 0.05) is 11.6 Å². The summed E-state index contributed by atoms with van der Waals surface area (Å²) in [7, 11) is 0. The molecule has 0 fully saturated rings. The quantitative estimate of drug-likeness (QED) is 0.737. The molecule has 8 heteroatoms. The maximum Gasteiger partial charge on any atom is 0.264 e. The lowest BCUT2D eigenvalue weighted by atomic mass is 10.2. The molecule has 6 nitrogen and oxygen atoms in total. The first-order valence-electron chi connectivity index (χ1n) is 5.09. The van der Waals surface area contributed by atoms with Crippen molar-refractivity contribution in [2.24, 2.45) is 0 Å². The lowest BCUT2D eigenvalue weighted by Crippen LogP contribution is -2.16. The molecule has 2 aromatic rings. The Kier molecular flexibility index (Phi) is 3.73. The van der Waals surface area contributed by atoms with E-state index in [0.29, 0.717) is 0 Å². The Hall–Kier alpha value is -2.05. The van der Waals surface area contributed by atoms with Gasteiger partial charge in [0.15, 0.2) is 5.82 Å². The predicted molar refractivity (Wildman–Crippen MR) is 73.7 cm³/mol. The molecule has 98 valence electrons. The second kappa shape index (κ2) is 5.29. The fourth-order valence-corrected chi connectivity index (χ4v) is 1.81. The van der Waals surface area contributed by atoms with Gasteiger partial charge in [0.25, 0.3) is 11.5 Å². The van der Waals surface area contributed by atoms with Gasteiger partial charge in [0.1, 0.15) is 0 Å². The fraction of sp³-hybridized carbons (Fsp3) is 0. The van der Waals surface area contributed by atoms with Gasteiger partial charge < -0.3 is 11.1 Å². The first kappa shape index (κ1) is 13.4. The average molecular weight is 299 g/mol. The van der Waals surface area contributed by atoms with E-state index in [2.05, 4.69) is 15.5 Å². The highest BCUT2D eigenvalue weighted by Crippen LogP contribution is 2.28. The van der Waals surface area contributed by atoms with Crippen LogP contribution in [0.5, 0.6) is 0 Å². The number of carbonyl (C=O) groups is 1. The Morgan fingerprint density at radius 3 is 2.42 bits per heavy atom. The minimum absolute atomic E-state index is 0.187. The van der Waals surface area contributed by atoms with Gasteiger partial charge in [-0.15, -0.1) is 0 Å². The van der Waals surface area contributed by atoms with E-state index < -0.39 is 5.91 Å². The third-order valence-corrected chi connectivity index (χ3v) is 2.89. The van der Waals surface area contributed by atoms with Gasteiger partial charge >= 0.3 is 0 Å². The molecule has 2 rings (SSSR count). The molecule has 4 N–H and O–H groups in total. The highest BCUT2D eigenvalue weighted by atomic mass is 35.5. The van der Waals surface area contributed by atoms with Gasteiger partial charge in [-0.1, -0.05) is 23.2 Å². The van der Waals surface area contributed by atoms with Crippen molar-refractivity contribution in [1.29, 1.82) is 0 Å². The van der Waals surface area contributed by atoms with Crippen LogP contribution >= 0.6 is 23.2 Å². The molecule has 19 heavy (non-hydrogen) atoms. The van der Waals surface area contributed by atoms with Crippen molar-refractivity contribution < 1.29 is 4.79 Å². The summed E-state index contributed by atoms with van der Waals surface area (Å²) in [4.78, 5) is 22.7. The van der Waals surface area contributed by atoms with E-state index >= 15 is 0 Å². The number of rotatable bonds is 2. The van der Waals surface area contributed by atoms with Crippen molar-refractivity contribution in [3.05, 3.63) is 50.2 Å². The normalized spacial score (nSPS) is 10.2. The number of nitrogens with two attached hydrogens (primary N) is 1. The number of anilines is 2. The second-order valence-electron chi connectivity index (χ2n) is 3.61. The zero-order chi connectivity index (χ0) is 14.0. The number of nitrogen functional groups attached to an aromatic ring is 1. The minimum Gasteiger partial charge on any atom is -0.396 e. The van der Waals surface area contributed by atoms with Crippen molar-refractivity contribution in [1.82, 2.24) is 10.2 Å². The van der Waals surface area contributed by atoms with Gasteiger partial charge in [-0.25, -0.2) is 5.10 Å². The topological polar surface area (TPSA) is 101 Å². The number of carbonyl (C=O) groups excluding carboxylic acids is 1. The summed E-state index contributed by atoms with van der Waals surface area (Å²) < 4.78 is 0. The number of nitrogens with zero attached hydrogens (tertiary/aromatic N) is 1. The maximum absolute atomic E-state index is 11.9. The van der Waals surface area contributed by atoms with E-state index in [1.54, 1.807) is 0 Å². The molecule has 1 aromatic carbocycles. The van der Waals surface area contributed by atoms with Crippen molar-refractivity contribution in [2.75, 3.05) is 11.1 Å². The van der Waals surface area contributed by atoms with Crippen LogP contribution in [-0.2, 0) is 0 Å². The molecule has 0 saturated heterocycles. The predicted octanol–water partition coefficient (Wildman–Crippen LogP) is 1.91. The molecule has 1 heterocycles. The molecule has 0 aliphatic carbocycles. The third kappa shape index (κ3) is 3.04. The monoisotopic (exact) mass is 298 g/mol. The number of nitrogens with one attached hydrogen (secondary N) is 2. The number of hydrogen-bond donors (Lipinski definition) is 3. The van der Waals surface area contributed by atoms with Crippen LogP contribution in [0.2, 0.25) is 10.0 Å². The van der Waals surface area contributed by atoms with E-state index in [9.17, 15) is 9.59 Å². The standard InChI is InChI=1S/C11H8Cl2N4O2/c12-6-3-5(4-7(13)10(6)14)11(19)15-8-1-2-9(18)17-16-8/h1-4H,14H2,(H,17,18)(H,15,16,19). The molecule has 0 atom stereocenters. The second-order valence-corrected chi connectivity index (χ2v) is 4.43. The lowest BCUT2D eigenvalue weighted by molar-refractivity contribution is 0.102. The number of hydrogen-bond acceptors (Lipinski definition) is 4. The Morgan fingerprint density at radius 2 is 1.89 bits per heavy atom. The van der Waals surface area contributed by atoms with Crippen LogP contribution in [0.1, 0.15) is 10.4 Å². The number of benzene rings is 1. The van der Waals surface area contributed by atoms with Crippen molar-refractivity contribution in [3.63, 3.8) is 0 Å². The molecular formula is C11H8Cl2N4O2. The Morgan fingerprint density at radius 1 is 1.26 bits per heavy atom.